The highest BCUT2D eigenvalue weighted by molar-refractivity contribution is 5.38. The van der Waals surface area contributed by atoms with Crippen molar-refractivity contribution < 1.29 is 13.5 Å². The molecule has 0 radical (unpaired) electrons. The highest BCUT2D eigenvalue weighted by atomic mass is 19.1. The van der Waals surface area contributed by atoms with Gasteiger partial charge in [0, 0.05) is 5.92 Å². The Balaban J connectivity index is 2.10. The minimum atomic E-state index is -0.332. The van der Waals surface area contributed by atoms with Crippen LogP contribution in [-0.2, 0) is 4.74 Å². The van der Waals surface area contributed by atoms with E-state index in [0.717, 1.165) is 17.5 Å². The van der Waals surface area contributed by atoms with Gasteiger partial charge >= 0.3 is 0 Å². The Labute approximate surface area is 117 Å². The summed E-state index contributed by atoms with van der Waals surface area (Å²) in [6, 6.07) is 13.0. The van der Waals surface area contributed by atoms with E-state index in [2.05, 4.69) is 0 Å². The van der Waals surface area contributed by atoms with Crippen molar-refractivity contribution in [1.82, 2.24) is 0 Å². The van der Waals surface area contributed by atoms with Gasteiger partial charge in [0.05, 0.1) is 6.61 Å². The van der Waals surface area contributed by atoms with Crippen molar-refractivity contribution in [2.75, 3.05) is 6.61 Å². The molecule has 1 aliphatic rings. The molecule has 2 aromatic carbocycles. The minimum absolute atomic E-state index is 0.140. The van der Waals surface area contributed by atoms with Gasteiger partial charge in [0.15, 0.2) is 0 Å². The van der Waals surface area contributed by atoms with Crippen molar-refractivity contribution in [1.29, 1.82) is 0 Å². The molecule has 1 atom stereocenters. The molecule has 104 valence electrons. The minimum Gasteiger partial charge on any atom is -0.369 e. The molecule has 1 heterocycles. The van der Waals surface area contributed by atoms with E-state index < -0.39 is 0 Å². The molecule has 0 bridgehead atoms. The largest absolute Gasteiger partial charge is 0.369 e. The average molecular weight is 274 g/mol. The first kappa shape index (κ1) is 13.3. The van der Waals surface area contributed by atoms with Crippen LogP contribution in [0.5, 0.6) is 0 Å². The van der Waals surface area contributed by atoms with Crippen LogP contribution in [0.15, 0.2) is 48.5 Å². The summed E-state index contributed by atoms with van der Waals surface area (Å²) in [5.74, 6) is -0.703. The Morgan fingerprint density at radius 2 is 1.55 bits per heavy atom. The second kappa shape index (κ2) is 4.98. The van der Waals surface area contributed by atoms with Crippen molar-refractivity contribution in [3.63, 3.8) is 0 Å². The van der Waals surface area contributed by atoms with Crippen LogP contribution < -0.4 is 0 Å². The van der Waals surface area contributed by atoms with E-state index in [1.807, 2.05) is 19.1 Å². The fourth-order valence-electron chi connectivity index (χ4n) is 2.84. The smallest absolute Gasteiger partial charge is 0.123 e. The molecule has 1 unspecified atom stereocenters. The standard InChI is InChI=1S/C17H16F2O/c1-2-17(11-20-17)16(12-5-3-7-14(18)9-12)13-6-4-8-15(19)10-13/h3-10,16H,2,11H2,1H3. The van der Waals surface area contributed by atoms with Crippen molar-refractivity contribution in [3.05, 3.63) is 71.3 Å². The summed E-state index contributed by atoms with van der Waals surface area (Å²) in [5, 5.41) is 0. The summed E-state index contributed by atoms with van der Waals surface area (Å²) in [4.78, 5) is 0. The maximum absolute atomic E-state index is 13.5. The highest BCUT2D eigenvalue weighted by Gasteiger charge is 2.51. The monoisotopic (exact) mass is 274 g/mol. The van der Waals surface area contributed by atoms with Gasteiger partial charge in [-0.2, -0.15) is 0 Å². The zero-order valence-corrected chi connectivity index (χ0v) is 11.3. The first-order chi connectivity index (χ1) is 9.64. The molecule has 0 N–H and O–H groups in total. The van der Waals surface area contributed by atoms with E-state index >= 15 is 0 Å². The average Bonchev–Trinajstić information content (AvgIpc) is 3.20. The lowest BCUT2D eigenvalue weighted by atomic mass is 9.79. The first-order valence-electron chi connectivity index (χ1n) is 6.79. The number of rotatable bonds is 4. The molecule has 1 nitrogen and oxygen atoms in total. The molecule has 3 rings (SSSR count). The molecule has 1 aliphatic heterocycles. The predicted molar refractivity (Wildman–Crippen MR) is 73.6 cm³/mol. The molecule has 0 aromatic heterocycles. The maximum atomic E-state index is 13.5. The van der Waals surface area contributed by atoms with Crippen LogP contribution in [0.3, 0.4) is 0 Å². The normalized spacial score (nSPS) is 21.2. The molecular weight excluding hydrogens is 258 g/mol. The van der Waals surface area contributed by atoms with Gasteiger partial charge in [0.2, 0.25) is 0 Å². The number of epoxide rings is 1. The molecule has 20 heavy (non-hydrogen) atoms. The topological polar surface area (TPSA) is 12.5 Å². The Kier molecular flexibility index (Phi) is 3.30. The zero-order chi connectivity index (χ0) is 14.2. The molecule has 0 amide bonds. The van der Waals surface area contributed by atoms with E-state index in [9.17, 15) is 8.78 Å². The van der Waals surface area contributed by atoms with Gasteiger partial charge in [0.1, 0.15) is 17.2 Å². The van der Waals surface area contributed by atoms with Gasteiger partial charge in [0.25, 0.3) is 0 Å². The lowest BCUT2D eigenvalue weighted by molar-refractivity contribution is 0.271. The Bertz CT molecular complexity index is 574. The number of benzene rings is 2. The van der Waals surface area contributed by atoms with E-state index in [0.29, 0.717) is 6.61 Å². The fourth-order valence-corrected chi connectivity index (χ4v) is 2.84. The summed E-state index contributed by atoms with van der Waals surface area (Å²) in [7, 11) is 0. The summed E-state index contributed by atoms with van der Waals surface area (Å²) < 4.78 is 32.7. The molecule has 3 heteroatoms. The van der Waals surface area contributed by atoms with Crippen molar-refractivity contribution in [2.45, 2.75) is 24.9 Å². The van der Waals surface area contributed by atoms with E-state index in [4.69, 9.17) is 4.74 Å². The molecule has 1 fully saturated rings. The van der Waals surface area contributed by atoms with Gasteiger partial charge in [-0.3, -0.25) is 0 Å². The summed E-state index contributed by atoms with van der Waals surface area (Å²) >= 11 is 0. The van der Waals surface area contributed by atoms with E-state index in [1.54, 1.807) is 12.1 Å². The van der Waals surface area contributed by atoms with Crippen LogP contribution in [-0.4, -0.2) is 12.2 Å². The quantitative estimate of drug-likeness (QED) is 0.758. The Morgan fingerprint density at radius 3 is 1.90 bits per heavy atom. The van der Waals surface area contributed by atoms with Gasteiger partial charge in [-0.1, -0.05) is 31.2 Å². The predicted octanol–water partition coefficient (Wildman–Crippen LogP) is 4.28. The third-order valence-electron chi connectivity index (χ3n) is 4.00. The van der Waals surface area contributed by atoms with Crippen molar-refractivity contribution in [2.24, 2.45) is 0 Å². The van der Waals surface area contributed by atoms with Crippen LogP contribution >= 0.6 is 0 Å². The zero-order valence-electron chi connectivity index (χ0n) is 11.3. The second-order valence-electron chi connectivity index (χ2n) is 5.25. The lowest BCUT2D eigenvalue weighted by Gasteiger charge is -2.24. The van der Waals surface area contributed by atoms with Gasteiger partial charge in [-0.25, -0.2) is 8.78 Å². The van der Waals surface area contributed by atoms with Gasteiger partial charge in [-0.15, -0.1) is 0 Å². The maximum Gasteiger partial charge on any atom is 0.123 e. The van der Waals surface area contributed by atoms with E-state index in [-0.39, 0.29) is 23.2 Å². The number of ether oxygens (including phenoxy) is 1. The van der Waals surface area contributed by atoms with Crippen LogP contribution in [0.25, 0.3) is 0 Å². The molecular formula is C17H16F2O. The van der Waals surface area contributed by atoms with Crippen LogP contribution in [0, 0.1) is 11.6 Å². The number of hydrogen-bond donors (Lipinski definition) is 0. The Morgan fingerprint density at radius 1 is 1.05 bits per heavy atom. The summed E-state index contributed by atoms with van der Waals surface area (Å²) in [6.07, 6.45) is 0.810. The highest BCUT2D eigenvalue weighted by Crippen LogP contribution is 2.48. The van der Waals surface area contributed by atoms with Crippen LogP contribution in [0.1, 0.15) is 30.4 Å². The van der Waals surface area contributed by atoms with Gasteiger partial charge in [-0.05, 0) is 41.8 Å². The number of hydrogen-bond acceptors (Lipinski definition) is 1. The SMILES string of the molecule is CCC1(C(c2cccc(F)c2)c2cccc(F)c2)CO1. The molecule has 0 spiro atoms. The summed E-state index contributed by atoms with van der Waals surface area (Å²) in [6.45, 7) is 2.67. The third kappa shape index (κ3) is 2.34. The molecule has 0 aliphatic carbocycles. The Hall–Kier alpha value is -1.74. The van der Waals surface area contributed by atoms with Gasteiger partial charge < -0.3 is 4.74 Å². The van der Waals surface area contributed by atoms with Crippen molar-refractivity contribution >= 4 is 0 Å². The molecule has 2 aromatic rings. The first-order valence-corrected chi connectivity index (χ1v) is 6.79. The van der Waals surface area contributed by atoms with E-state index in [1.165, 1.54) is 24.3 Å². The third-order valence-corrected chi connectivity index (χ3v) is 4.00. The van der Waals surface area contributed by atoms with Crippen molar-refractivity contribution in [3.8, 4) is 0 Å². The van der Waals surface area contributed by atoms with Crippen LogP contribution in [0.2, 0.25) is 0 Å². The second-order valence-corrected chi connectivity index (χ2v) is 5.25. The fraction of sp³-hybridized carbons (Fsp3) is 0.294. The lowest BCUT2D eigenvalue weighted by Crippen LogP contribution is -2.23. The molecule has 1 saturated heterocycles. The van der Waals surface area contributed by atoms with Crippen LogP contribution in [0.4, 0.5) is 8.78 Å². The molecule has 0 saturated carbocycles. The number of halogens is 2. The summed E-state index contributed by atoms with van der Waals surface area (Å²) in [5.41, 5.74) is 1.33.